The minimum absolute atomic E-state index is 0.0134. The zero-order valence-corrected chi connectivity index (χ0v) is 20.4. The second-order valence-corrected chi connectivity index (χ2v) is 9.49. The molecule has 0 unspecified atom stereocenters. The molecule has 4 heterocycles. The molecule has 3 aliphatic rings. The highest BCUT2D eigenvalue weighted by atomic mass is 19.1. The van der Waals surface area contributed by atoms with E-state index in [2.05, 4.69) is 15.8 Å². The monoisotopic (exact) mass is 505 g/mol. The van der Waals surface area contributed by atoms with Gasteiger partial charge in [0, 0.05) is 25.8 Å². The predicted molar refractivity (Wildman–Crippen MR) is 127 cm³/mol. The lowest BCUT2D eigenvalue weighted by atomic mass is 10.1. The maximum absolute atomic E-state index is 14.8. The van der Waals surface area contributed by atoms with E-state index in [-0.39, 0.29) is 24.5 Å². The Morgan fingerprint density at radius 1 is 1.31 bits per heavy atom. The standard InChI is InChI=1S/C23H32FN7O5/c1-15-9-21(22(32)26-36-15)28(2)11-16-12-30(27-25-16)13-18-14-31(23(33)35-18)17-3-4-20(19(24)10-17)29-5-7-34-8-6-29/h3-4,10,12,15,18,21-22,26,32H,5-9,11,13-14H2,1-2H3/t15-,18+,21+,22-/m1/s1. The van der Waals surface area contributed by atoms with E-state index in [0.717, 1.165) is 5.69 Å². The van der Waals surface area contributed by atoms with Crippen LogP contribution in [0.1, 0.15) is 19.0 Å². The minimum Gasteiger partial charge on any atom is -0.442 e. The van der Waals surface area contributed by atoms with Gasteiger partial charge in [0.2, 0.25) is 0 Å². The molecule has 1 aromatic heterocycles. The summed E-state index contributed by atoms with van der Waals surface area (Å²) >= 11 is 0. The van der Waals surface area contributed by atoms with E-state index in [4.69, 9.17) is 14.3 Å². The number of carbonyl (C=O) groups excluding carboxylic acids is 1. The summed E-state index contributed by atoms with van der Waals surface area (Å²) in [5.41, 5.74) is 4.32. The maximum Gasteiger partial charge on any atom is 0.414 e. The van der Waals surface area contributed by atoms with Crippen molar-refractivity contribution in [3.8, 4) is 0 Å². The lowest BCUT2D eigenvalue weighted by Gasteiger charge is -2.37. The molecule has 2 aromatic rings. The Labute approximate surface area is 208 Å². The summed E-state index contributed by atoms with van der Waals surface area (Å²) in [6, 6.07) is 4.68. The average molecular weight is 506 g/mol. The van der Waals surface area contributed by atoms with Gasteiger partial charge in [-0.3, -0.25) is 14.6 Å². The number of likely N-dealkylation sites (N-methyl/N-ethyl adjacent to an activating group) is 1. The second kappa shape index (κ2) is 10.6. The highest BCUT2D eigenvalue weighted by Crippen LogP contribution is 2.28. The van der Waals surface area contributed by atoms with Crippen LogP contribution in [-0.2, 0) is 27.4 Å². The average Bonchev–Trinajstić information content (AvgIpc) is 3.46. The zero-order chi connectivity index (χ0) is 25.2. The minimum atomic E-state index is -0.794. The van der Waals surface area contributed by atoms with E-state index in [1.807, 2.05) is 23.8 Å². The molecule has 1 aromatic carbocycles. The molecule has 1 amide bonds. The first-order valence-electron chi connectivity index (χ1n) is 12.2. The number of hydrogen-bond donors (Lipinski definition) is 2. The number of amides is 1. The SMILES string of the molecule is C[C@@H]1C[C@H](N(C)Cc2cn(C[C@H]3CN(c4ccc(N5CCOCC5)c(F)c4)C(=O)O3)nn2)[C@@H](O)NO1. The number of halogens is 1. The summed E-state index contributed by atoms with van der Waals surface area (Å²) in [7, 11) is 1.91. The van der Waals surface area contributed by atoms with Crippen molar-refractivity contribution in [2.24, 2.45) is 0 Å². The summed E-state index contributed by atoms with van der Waals surface area (Å²) in [6.07, 6.45) is 0.703. The second-order valence-electron chi connectivity index (χ2n) is 9.49. The molecule has 0 aliphatic carbocycles. The van der Waals surface area contributed by atoms with Gasteiger partial charge < -0.3 is 19.5 Å². The van der Waals surface area contributed by atoms with Crippen LogP contribution in [0.5, 0.6) is 0 Å². The van der Waals surface area contributed by atoms with Gasteiger partial charge in [-0.05, 0) is 38.6 Å². The number of benzene rings is 1. The van der Waals surface area contributed by atoms with Crippen LogP contribution in [0.4, 0.5) is 20.6 Å². The number of rotatable bonds is 7. The molecule has 196 valence electrons. The lowest BCUT2D eigenvalue weighted by Crippen LogP contribution is -2.54. The molecule has 5 rings (SSSR count). The van der Waals surface area contributed by atoms with Gasteiger partial charge in [-0.15, -0.1) is 5.10 Å². The molecule has 2 N–H and O–H groups in total. The van der Waals surface area contributed by atoms with E-state index in [1.54, 1.807) is 23.0 Å². The Morgan fingerprint density at radius 2 is 2.11 bits per heavy atom. The normalized spacial score (nSPS) is 27.1. The quantitative estimate of drug-likeness (QED) is 0.557. The topological polar surface area (TPSA) is 117 Å². The van der Waals surface area contributed by atoms with Crippen LogP contribution in [0.25, 0.3) is 0 Å². The third-order valence-electron chi connectivity index (χ3n) is 6.75. The first-order chi connectivity index (χ1) is 17.4. The lowest BCUT2D eigenvalue weighted by molar-refractivity contribution is -0.163. The highest BCUT2D eigenvalue weighted by Gasteiger charge is 2.34. The summed E-state index contributed by atoms with van der Waals surface area (Å²) < 4.78 is 27.3. The number of aliphatic hydroxyl groups excluding tert-OH is 1. The van der Waals surface area contributed by atoms with Gasteiger partial charge in [-0.25, -0.2) is 13.9 Å². The van der Waals surface area contributed by atoms with E-state index in [1.165, 1.54) is 11.0 Å². The smallest absolute Gasteiger partial charge is 0.414 e. The van der Waals surface area contributed by atoms with Gasteiger partial charge in [0.1, 0.15) is 18.1 Å². The van der Waals surface area contributed by atoms with E-state index >= 15 is 0 Å². The van der Waals surface area contributed by atoms with E-state index in [9.17, 15) is 14.3 Å². The number of morpholine rings is 1. The predicted octanol–water partition coefficient (Wildman–Crippen LogP) is 0.711. The molecule has 0 saturated carbocycles. The van der Waals surface area contributed by atoms with E-state index in [0.29, 0.717) is 57.2 Å². The number of nitrogens with zero attached hydrogens (tertiary/aromatic N) is 6. The van der Waals surface area contributed by atoms with Crippen molar-refractivity contribution in [3.63, 3.8) is 0 Å². The van der Waals surface area contributed by atoms with Crippen molar-refractivity contribution in [2.45, 2.75) is 50.9 Å². The summed E-state index contributed by atoms with van der Waals surface area (Å²) in [5, 5.41) is 18.6. The van der Waals surface area contributed by atoms with Crippen LogP contribution >= 0.6 is 0 Å². The number of nitrogens with one attached hydrogen (secondary N) is 1. The van der Waals surface area contributed by atoms with Crippen molar-refractivity contribution >= 4 is 17.5 Å². The van der Waals surface area contributed by atoms with Crippen LogP contribution in [0.2, 0.25) is 0 Å². The molecule has 0 spiro atoms. The third-order valence-corrected chi connectivity index (χ3v) is 6.75. The van der Waals surface area contributed by atoms with Crippen LogP contribution in [0.15, 0.2) is 24.4 Å². The number of aliphatic hydroxyl groups is 1. The Bertz CT molecular complexity index is 1070. The van der Waals surface area contributed by atoms with Gasteiger partial charge >= 0.3 is 6.09 Å². The number of anilines is 2. The molecule has 3 saturated heterocycles. The van der Waals surface area contributed by atoms with Crippen LogP contribution in [0, 0.1) is 5.82 Å². The first kappa shape index (κ1) is 24.8. The number of aromatic nitrogens is 3. The molecule has 4 atom stereocenters. The number of ether oxygens (including phenoxy) is 2. The van der Waals surface area contributed by atoms with Crippen LogP contribution < -0.4 is 15.3 Å². The molecule has 3 fully saturated rings. The summed E-state index contributed by atoms with van der Waals surface area (Å²) in [6.45, 7) is 5.42. The number of cyclic esters (lactones) is 1. The Morgan fingerprint density at radius 3 is 2.89 bits per heavy atom. The van der Waals surface area contributed by atoms with Crippen LogP contribution in [-0.4, -0.2) is 95.5 Å². The largest absolute Gasteiger partial charge is 0.442 e. The first-order valence-corrected chi connectivity index (χ1v) is 12.2. The Kier molecular flexibility index (Phi) is 7.34. The summed E-state index contributed by atoms with van der Waals surface area (Å²) in [5.74, 6) is -0.380. The molecular formula is C23H32FN7O5. The molecule has 0 radical (unpaired) electrons. The molecule has 13 heteroatoms. The van der Waals surface area contributed by atoms with Crippen molar-refractivity contribution in [1.82, 2.24) is 25.4 Å². The third kappa shape index (κ3) is 5.44. The van der Waals surface area contributed by atoms with Gasteiger partial charge in [0.15, 0.2) is 0 Å². The number of hydroxylamine groups is 1. The maximum atomic E-state index is 14.8. The zero-order valence-electron chi connectivity index (χ0n) is 20.4. The number of carbonyl (C=O) groups is 1. The van der Waals surface area contributed by atoms with Crippen molar-refractivity contribution in [3.05, 3.63) is 35.9 Å². The van der Waals surface area contributed by atoms with Gasteiger partial charge in [-0.1, -0.05) is 5.21 Å². The molecule has 0 bridgehead atoms. The fraction of sp³-hybridized carbons (Fsp3) is 0.609. The van der Waals surface area contributed by atoms with Gasteiger partial charge in [-0.2, -0.15) is 5.48 Å². The Balaban J connectivity index is 1.17. The molecule has 36 heavy (non-hydrogen) atoms. The molecule has 3 aliphatic heterocycles. The van der Waals surface area contributed by atoms with Crippen LogP contribution in [0.3, 0.4) is 0 Å². The van der Waals surface area contributed by atoms with E-state index < -0.39 is 18.4 Å². The summed E-state index contributed by atoms with van der Waals surface area (Å²) in [4.78, 5) is 23.1. The van der Waals surface area contributed by atoms with Crippen molar-refractivity contribution < 1.29 is 28.6 Å². The fourth-order valence-corrected chi connectivity index (χ4v) is 4.84. The van der Waals surface area contributed by atoms with Crippen molar-refractivity contribution in [1.29, 1.82) is 0 Å². The number of hydrogen-bond acceptors (Lipinski definition) is 10. The Hall–Kier alpha value is -2.84. The molecule has 12 nitrogen and oxygen atoms in total. The molecular weight excluding hydrogens is 473 g/mol. The highest BCUT2D eigenvalue weighted by molar-refractivity contribution is 5.90. The van der Waals surface area contributed by atoms with Gasteiger partial charge in [0.05, 0.1) is 55.5 Å². The van der Waals surface area contributed by atoms with Gasteiger partial charge in [0.25, 0.3) is 0 Å². The van der Waals surface area contributed by atoms with Crippen molar-refractivity contribution in [2.75, 3.05) is 49.7 Å². The fourth-order valence-electron chi connectivity index (χ4n) is 4.84.